The molecule has 0 fully saturated rings. The molecule has 0 saturated heterocycles. The third kappa shape index (κ3) is 4.03. The second-order valence-electron chi connectivity index (χ2n) is 3.82. The predicted molar refractivity (Wildman–Crippen MR) is 75.3 cm³/mol. The van der Waals surface area contributed by atoms with Gasteiger partial charge in [0.1, 0.15) is 10.9 Å². The normalized spacial score (nSPS) is 10.5. The Labute approximate surface area is 128 Å². The number of nitrogens with zero attached hydrogens (tertiary/aromatic N) is 1. The van der Waals surface area contributed by atoms with Gasteiger partial charge in [-0.2, -0.15) is 8.78 Å². The van der Waals surface area contributed by atoms with Gasteiger partial charge in [-0.1, -0.05) is 23.2 Å². The zero-order valence-electron chi connectivity index (χ0n) is 10.3. The SMILES string of the molecule is O=C(Nc1ccc(OC(F)F)c(Cl)c1)c1cccnc1Cl. The first-order chi connectivity index (χ1) is 9.97. The van der Waals surface area contributed by atoms with E-state index in [1.807, 2.05) is 0 Å². The van der Waals surface area contributed by atoms with E-state index in [4.69, 9.17) is 23.2 Å². The molecule has 2 aromatic rings. The molecule has 0 spiro atoms. The lowest BCUT2D eigenvalue weighted by Crippen LogP contribution is -2.13. The van der Waals surface area contributed by atoms with Crippen molar-refractivity contribution >= 4 is 34.8 Å². The van der Waals surface area contributed by atoms with E-state index in [0.29, 0.717) is 5.69 Å². The van der Waals surface area contributed by atoms with Gasteiger partial charge >= 0.3 is 6.61 Å². The number of nitrogens with one attached hydrogen (secondary N) is 1. The molecule has 0 aliphatic carbocycles. The van der Waals surface area contributed by atoms with Crippen molar-refractivity contribution in [3.05, 3.63) is 52.3 Å². The molecule has 1 amide bonds. The minimum Gasteiger partial charge on any atom is -0.433 e. The molecule has 110 valence electrons. The molecule has 8 heteroatoms. The van der Waals surface area contributed by atoms with Gasteiger partial charge in [-0.15, -0.1) is 0 Å². The number of benzene rings is 1. The van der Waals surface area contributed by atoms with E-state index < -0.39 is 12.5 Å². The molecule has 0 aliphatic rings. The second kappa shape index (κ2) is 6.69. The van der Waals surface area contributed by atoms with Crippen LogP contribution < -0.4 is 10.1 Å². The van der Waals surface area contributed by atoms with Crippen LogP contribution in [0.2, 0.25) is 10.2 Å². The monoisotopic (exact) mass is 332 g/mol. The third-order valence-corrected chi connectivity index (χ3v) is 3.01. The standard InChI is InChI=1S/C13H8Cl2F2N2O2/c14-9-6-7(3-4-10(9)21-13(16)17)19-12(20)8-2-1-5-18-11(8)15/h1-6,13H,(H,19,20). The Balaban J connectivity index is 2.15. The van der Waals surface area contributed by atoms with Crippen LogP contribution >= 0.6 is 23.2 Å². The van der Waals surface area contributed by atoms with Crippen molar-refractivity contribution in [3.8, 4) is 5.75 Å². The number of hydrogen-bond acceptors (Lipinski definition) is 3. The van der Waals surface area contributed by atoms with E-state index in [9.17, 15) is 13.6 Å². The number of halogens is 4. The Bertz CT molecular complexity index is 668. The van der Waals surface area contributed by atoms with Crippen molar-refractivity contribution in [1.82, 2.24) is 4.98 Å². The number of rotatable bonds is 4. The molecule has 0 radical (unpaired) electrons. The summed E-state index contributed by atoms with van der Waals surface area (Å²) in [5.74, 6) is -0.671. The highest BCUT2D eigenvalue weighted by atomic mass is 35.5. The molecule has 21 heavy (non-hydrogen) atoms. The van der Waals surface area contributed by atoms with Crippen LogP contribution in [0.15, 0.2) is 36.5 Å². The molecule has 1 N–H and O–H groups in total. The molecular formula is C13H8Cl2F2N2O2. The number of amides is 1. The highest BCUT2D eigenvalue weighted by Crippen LogP contribution is 2.29. The number of pyridine rings is 1. The molecule has 1 aromatic heterocycles. The highest BCUT2D eigenvalue weighted by Gasteiger charge is 2.13. The summed E-state index contributed by atoms with van der Waals surface area (Å²) in [6.07, 6.45) is 1.45. The summed E-state index contributed by atoms with van der Waals surface area (Å²) >= 11 is 11.6. The largest absolute Gasteiger partial charge is 0.433 e. The third-order valence-electron chi connectivity index (χ3n) is 2.41. The summed E-state index contributed by atoms with van der Waals surface area (Å²) in [4.78, 5) is 15.8. The van der Waals surface area contributed by atoms with E-state index in [0.717, 1.165) is 0 Å². The maximum atomic E-state index is 12.1. The smallest absolute Gasteiger partial charge is 0.387 e. The number of anilines is 1. The van der Waals surface area contributed by atoms with Gasteiger partial charge in [0.2, 0.25) is 0 Å². The van der Waals surface area contributed by atoms with Crippen LogP contribution in [0.25, 0.3) is 0 Å². The van der Waals surface area contributed by atoms with E-state index in [1.165, 1.54) is 30.5 Å². The molecule has 1 aromatic carbocycles. The molecular weight excluding hydrogens is 325 g/mol. The molecule has 0 atom stereocenters. The van der Waals surface area contributed by atoms with Crippen molar-refractivity contribution in [1.29, 1.82) is 0 Å². The molecule has 0 unspecified atom stereocenters. The van der Waals surface area contributed by atoms with E-state index in [1.54, 1.807) is 6.07 Å². The van der Waals surface area contributed by atoms with Gasteiger partial charge in [-0.25, -0.2) is 4.98 Å². The zero-order chi connectivity index (χ0) is 15.4. The minimum atomic E-state index is -2.97. The van der Waals surface area contributed by atoms with Crippen LogP contribution in [0.3, 0.4) is 0 Å². The maximum Gasteiger partial charge on any atom is 0.387 e. The molecule has 0 aliphatic heterocycles. The van der Waals surface area contributed by atoms with Gasteiger partial charge < -0.3 is 10.1 Å². The van der Waals surface area contributed by atoms with E-state index >= 15 is 0 Å². The number of carbonyl (C=O) groups is 1. The zero-order valence-corrected chi connectivity index (χ0v) is 11.8. The van der Waals surface area contributed by atoms with Gasteiger partial charge in [0.25, 0.3) is 5.91 Å². The summed E-state index contributed by atoms with van der Waals surface area (Å²) in [5, 5.41) is 2.53. The van der Waals surface area contributed by atoms with Crippen LogP contribution in [0.4, 0.5) is 14.5 Å². The summed E-state index contributed by atoms with van der Waals surface area (Å²) in [5.41, 5.74) is 0.495. The number of aromatic nitrogens is 1. The Morgan fingerprint density at radius 2 is 2.05 bits per heavy atom. The van der Waals surface area contributed by atoms with Crippen molar-refractivity contribution < 1.29 is 18.3 Å². The second-order valence-corrected chi connectivity index (χ2v) is 4.58. The van der Waals surface area contributed by atoms with Crippen LogP contribution in [-0.4, -0.2) is 17.5 Å². The van der Waals surface area contributed by atoms with Crippen LogP contribution in [0.1, 0.15) is 10.4 Å². The van der Waals surface area contributed by atoms with Crippen LogP contribution in [-0.2, 0) is 0 Å². The fraction of sp³-hybridized carbons (Fsp3) is 0.0769. The summed E-state index contributed by atoms with van der Waals surface area (Å²) in [6, 6.07) is 6.97. The fourth-order valence-electron chi connectivity index (χ4n) is 1.52. The summed E-state index contributed by atoms with van der Waals surface area (Å²) < 4.78 is 28.4. The van der Waals surface area contributed by atoms with Crippen LogP contribution in [0, 0.1) is 0 Å². The van der Waals surface area contributed by atoms with Gasteiger partial charge in [-0.3, -0.25) is 4.79 Å². The number of alkyl halides is 2. The van der Waals surface area contributed by atoms with E-state index in [2.05, 4.69) is 15.0 Å². The highest BCUT2D eigenvalue weighted by molar-refractivity contribution is 6.33. The van der Waals surface area contributed by atoms with Crippen LogP contribution in [0.5, 0.6) is 5.75 Å². The van der Waals surface area contributed by atoms with Gasteiger partial charge in [-0.05, 0) is 30.3 Å². The number of carbonyl (C=O) groups excluding carboxylic acids is 1. The van der Waals surface area contributed by atoms with Crippen molar-refractivity contribution in [2.45, 2.75) is 6.61 Å². The molecule has 0 bridgehead atoms. The van der Waals surface area contributed by atoms with Crippen molar-refractivity contribution in [2.75, 3.05) is 5.32 Å². The average molecular weight is 333 g/mol. The predicted octanol–water partition coefficient (Wildman–Crippen LogP) is 4.24. The maximum absolute atomic E-state index is 12.1. The quantitative estimate of drug-likeness (QED) is 0.852. The van der Waals surface area contributed by atoms with Gasteiger partial charge in [0.05, 0.1) is 10.6 Å². The van der Waals surface area contributed by atoms with Crippen molar-refractivity contribution in [3.63, 3.8) is 0 Å². The molecule has 2 rings (SSSR count). The number of ether oxygens (including phenoxy) is 1. The lowest BCUT2D eigenvalue weighted by Gasteiger charge is -2.10. The van der Waals surface area contributed by atoms with Crippen molar-refractivity contribution in [2.24, 2.45) is 0 Å². The summed E-state index contributed by atoms with van der Waals surface area (Å²) in [7, 11) is 0. The molecule has 4 nitrogen and oxygen atoms in total. The average Bonchev–Trinajstić information content (AvgIpc) is 2.42. The lowest BCUT2D eigenvalue weighted by atomic mass is 10.2. The Hall–Kier alpha value is -1.92. The first-order valence-electron chi connectivity index (χ1n) is 5.63. The number of hydrogen-bond donors (Lipinski definition) is 1. The first kappa shape index (κ1) is 15.5. The molecule has 1 heterocycles. The fourth-order valence-corrected chi connectivity index (χ4v) is 1.95. The first-order valence-corrected chi connectivity index (χ1v) is 6.39. The molecule has 0 saturated carbocycles. The van der Waals surface area contributed by atoms with E-state index in [-0.39, 0.29) is 21.5 Å². The van der Waals surface area contributed by atoms with Gasteiger partial charge in [0.15, 0.2) is 0 Å². The Kier molecular flexibility index (Phi) is 4.93. The van der Waals surface area contributed by atoms with Gasteiger partial charge in [0, 0.05) is 11.9 Å². The minimum absolute atomic E-state index is 0.0506. The lowest BCUT2D eigenvalue weighted by molar-refractivity contribution is -0.0497. The Morgan fingerprint density at radius 1 is 1.29 bits per heavy atom. The topological polar surface area (TPSA) is 51.2 Å². The Morgan fingerprint density at radius 3 is 2.67 bits per heavy atom. The summed E-state index contributed by atoms with van der Waals surface area (Å²) in [6.45, 7) is -2.97.